The number of hydrogen-bond donors (Lipinski definition) is 1. The first-order valence-corrected chi connectivity index (χ1v) is 10.9. The van der Waals surface area contributed by atoms with Crippen molar-refractivity contribution >= 4 is 33.8 Å². The van der Waals surface area contributed by atoms with E-state index in [0.29, 0.717) is 36.2 Å². The topological polar surface area (TPSA) is 107 Å². The van der Waals surface area contributed by atoms with Crippen LogP contribution in [0.5, 0.6) is 0 Å². The molecule has 0 radical (unpaired) electrons. The van der Waals surface area contributed by atoms with Gasteiger partial charge in [0.15, 0.2) is 22.4 Å². The summed E-state index contributed by atoms with van der Waals surface area (Å²) < 4.78 is 13.3. The molecule has 3 aromatic heterocycles. The van der Waals surface area contributed by atoms with Crippen molar-refractivity contribution in [1.82, 2.24) is 24.8 Å². The van der Waals surface area contributed by atoms with Crippen molar-refractivity contribution in [3.05, 3.63) is 29.0 Å². The number of nitrogens with zero attached hydrogens (tertiary/aromatic N) is 6. The maximum Gasteiger partial charge on any atom is 0.226 e. The maximum atomic E-state index is 12.2. The number of rotatable bonds is 5. The molecule has 0 atom stereocenters. The molecule has 11 heteroatoms. The van der Waals surface area contributed by atoms with E-state index in [-0.39, 0.29) is 12.3 Å². The number of ether oxygens (including phenoxy) is 2. The van der Waals surface area contributed by atoms with Crippen LogP contribution in [-0.2, 0) is 20.7 Å². The largest absolute Gasteiger partial charge is 0.355 e. The molecule has 0 unspecified atom stereocenters. The van der Waals surface area contributed by atoms with E-state index in [1.165, 1.54) is 11.3 Å². The molecule has 30 heavy (non-hydrogen) atoms. The second kappa shape index (κ2) is 7.89. The number of carbonyl (C=O) groups excluding carboxylic acids is 1. The molecule has 10 nitrogen and oxygen atoms in total. The summed E-state index contributed by atoms with van der Waals surface area (Å²) in [5, 5.41) is 18.5. The van der Waals surface area contributed by atoms with Gasteiger partial charge in [-0.25, -0.2) is 4.98 Å². The zero-order valence-corrected chi connectivity index (χ0v) is 17.5. The highest BCUT2D eigenvalue weighted by atomic mass is 32.1. The molecule has 2 aliphatic rings. The van der Waals surface area contributed by atoms with Gasteiger partial charge >= 0.3 is 0 Å². The normalized spacial score (nSPS) is 18.4. The van der Waals surface area contributed by atoms with Crippen molar-refractivity contribution in [3.8, 4) is 0 Å². The summed E-state index contributed by atoms with van der Waals surface area (Å²) in [6.45, 7) is 4.86. The van der Waals surface area contributed by atoms with E-state index in [0.717, 1.165) is 37.4 Å². The van der Waals surface area contributed by atoms with E-state index < -0.39 is 5.79 Å². The fourth-order valence-corrected chi connectivity index (χ4v) is 4.53. The highest BCUT2D eigenvalue weighted by molar-refractivity contribution is 7.13. The third-order valence-corrected chi connectivity index (χ3v) is 6.29. The van der Waals surface area contributed by atoms with Gasteiger partial charge in [-0.15, -0.1) is 26.6 Å². The number of anilines is 2. The van der Waals surface area contributed by atoms with Crippen molar-refractivity contribution in [3.63, 3.8) is 0 Å². The number of carbonyl (C=O) groups is 1. The molecule has 158 valence electrons. The molecular weight excluding hydrogens is 406 g/mol. The van der Waals surface area contributed by atoms with E-state index in [2.05, 4.69) is 25.4 Å². The van der Waals surface area contributed by atoms with Crippen molar-refractivity contribution in [2.24, 2.45) is 0 Å². The van der Waals surface area contributed by atoms with Crippen LogP contribution in [-0.4, -0.2) is 62.8 Å². The van der Waals surface area contributed by atoms with Crippen molar-refractivity contribution in [2.75, 3.05) is 36.5 Å². The predicted molar refractivity (Wildman–Crippen MR) is 111 cm³/mol. The van der Waals surface area contributed by atoms with Gasteiger partial charge in [0.2, 0.25) is 5.91 Å². The fourth-order valence-electron chi connectivity index (χ4n) is 3.83. The number of hydrogen-bond acceptors (Lipinski definition) is 9. The molecule has 0 bridgehead atoms. The smallest absolute Gasteiger partial charge is 0.226 e. The molecular formula is C19H23N7O3S. The summed E-state index contributed by atoms with van der Waals surface area (Å²) in [6, 6.07) is 3.86. The Morgan fingerprint density at radius 3 is 2.77 bits per heavy atom. The quantitative estimate of drug-likeness (QED) is 0.654. The third-order valence-electron chi connectivity index (χ3n) is 5.42. The number of piperidine rings is 1. The van der Waals surface area contributed by atoms with Crippen LogP contribution < -0.4 is 10.2 Å². The van der Waals surface area contributed by atoms with Crippen LogP contribution in [0.4, 0.5) is 10.9 Å². The summed E-state index contributed by atoms with van der Waals surface area (Å²) in [4.78, 5) is 18.7. The van der Waals surface area contributed by atoms with E-state index in [1.54, 1.807) is 4.52 Å². The lowest BCUT2D eigenvalue weighted by Gasteiger charge is -2.38. The highest BCUT2D eigenvalue weighted by Crippen LogP contribution is 2.32. The van der Waals surface area contributed by atoms with Crippen LogP contribution in [0, 0.1) is 6.92 Å². The third kappa shape index (κ3) is 3.87. The lowest BCUT2D eigenvalue weighted by Crippen LogP contribution is -2.45. The minimum atomic E-state index is -0.411. The number of amides is 1. The maximum absolute atomic E-state index is 12.2. The SMILES string of the molecule is Cc1csc(NC(=O)CCc2nnc3ccc(N4CCC5(CC4)OCCO5)nn23)n1. The van der Waals surface area contributed by atoms with Crippen LogP contribution in [0.1, 0.15) is 30.8 Å². The van der Waals surface area contributed by atoms with Gasteiger partial charge in [-0.3, -0.25) is 4.79 Å². The van der Waals surface area contributed by atoms with Gasteiger partial charge in [-0.05, 0) is 19.1 Å². The number of fused-ring (bicyclic) bond motifs is 1. The predicted octanol–water partition coefficient (Wildman–Crippen LogP) is 1.80. The Morgan fingerprint density at radius 2 is 2.03 bits per heavy atom. The van der Waals surface area contributed by atoms with E-state index in [4.69, 9.17) is 14.6 Å². The van der Waals surface area contributed by atoms with Gasteiger partial charge in [0.25, 0.3) is 0 Å². The van der Waals surface area contributed by atoms with Crippen molar-refractivity contribution in [1.29, 1.82) is 0 Å². The average molecular weight is 430 g/mol. The number of thiazole rings is 1. The Balaban J connectivity index is 1.25. The molecule has 5 rings (SSSR count). The minimum Gasteiger partial charge on any atom is -0.355 e. The number of aromatic nitrogens is 5. The lowest BCUT2D eigenvalue weighted by atomic mass is 10.0. The first kappa shape index (κ1) is 19.3. The van der Waals surface area contributed by atoms with E-state index in [1.807, 2.05) is 24.4 Å². The summed E-state index contributed by atoms with van der Waals surface area (Å²) >= 11 is 1.42. The summed E-state index contributed by atoms with van der Waals surface area (Å²) in [5.74, 6) is 1.01. The Kier molecular flexibility index (Phi) is 5.09. The van der Waals surface area contributed by atoms with Gasteiger partial charge < -0.3 is 19.7 Å². The molecule has 0 aromatic carbocycles. The molecule has 1 spiro atoms. The van der Waals surface area contributed by atoms with Crippen molar-refractivity contribution < 1.29 is 14.3 Å². The monoisotopic (exact) mass is 429 g/mol. The van der Waals surface area contributed by atoms with Crippen LogP contribution in [0.15, 0.2) is 17.5 Å². The molecule has 3 aromatic rings. The van der Waals surface area contributed by atoms with Crippen LogP contribution in [0.3, 0.4) is 0 Å². The first-order valence-electron chi connectivity index (χ1n) is 10.1. The molecule has 0 aliphatic carbocycles. The molecule has 1 amide bonds. The molecule has 1 N–H and O–H groups in total. The average Bonchev–Trinajstić information content (AvgIpc) is 3.47. The van der Waals surface area contributed by atoms with Gasteiger partial charge in [-0.2, -0.15) is 4.52 Å². The first-order chi connectivity index (χ1) is 14.6. The second-order valence-corrected chi connectivity index (χ2v) is 8.37. The highest BCUT2D eigenvalue weighted by Gasteiger charge is 2.40. The molecule has 5 heterocycles. The van der Waals surface area contributed by atoms with E-state index in [9.17, 15) is 4.79 Å². The Bertz CT molecular complexity index is 1050. The Labute approximate surface area is 177 Å². The summed E-state index contributed by atoms with van der Waals surface area (Å²) in [5.41, 5.74) is 1.56. The van der Waals surface area contributed by atoms with Gasteiger partial charge in [-0.1, -0.05) is 0 Å². The zero-order chi connectivity index (χ0) is 20.6. The van der Waals surface area contributed by atoms with Gasteiger partial charge in [0.05, 0.1) is 18.9 Å². The standard InChI is InChI=1S/C19H23N7O3S/c1-13-12-30-18(20-13)21-17(27)5-4-15-23-22-14-2-3-16(24-26(14)15)25-8-6-19(7-9-25)28-10-11-29-19/h2-3,12H,4-11H2,1H3,(H,20,21,27). The summed E-state index contributed by atoms with van der Waals surface area (Å²) in [6.07, 6.45) is 2.36. The van der Waals surface area contributed by atoms with Crippen LogP contribution in [0.25, 0.3) is 5.65 Å². The summed E-state index contributed by atoms with van der Waals surface area (Å²) in [7, 11) is 0. The molecule has 2 saturated heterocycles. The second-order valence-electron chi connectivity index (χ2n) is 7.51. The molecule has 2 fully saturated rings. The van der Waals surface area contributed by atoms with E-state index >= 15 is 0 Å². The van der Waals surface area contributed by atoms with Gasteiger partial charge in [0.1, 0.15) is 5.82 Å². The van der Waals surface area contributed by atoms with Crippen molar-refractivity contribution in [2.45, 2.75) is 38.4 Å². The van der Waals surface area contributed by atoms with Gasteiger partial charge in [0, 0.05) is 44.2 Å². The Morgan fingerprint density at radius 1 is 1.23 bits per heavy atom. The number of aryl methyl sites for hydroxylation is 2. The van der Waals surface area contributed by atoms with Crippen LogP contribution >= 0.6 is 11.3 Å². The lowest BCUT2D eigenvalue weighted by molar-refractivity contribution is -0.169. The number of nitrogens with one attached hydrogen (secondary N) is 1. The minimum absolute atomic E-state index is 0.102. The molecule has 2 aliphatic heterocycles. The van der Waals surface area contributed by atoms with Crippen LogP contribution in [0.2, 0.25) is 0 Å². The Hall–Kier alpha value is -2.63. The zero-order valence-electron chi connectivity index (χ0n) is 16.7. The fraction of sp³-hybridized carbons (Fsp3) is 0.526. The molecule has 0 saturated carbocycles.